The minimum atomic E-state index is -1.07. The van der Waals surface area contributed by atoms with Gasteiger partial charge in [-0.1, -0.05) is 0 Å². The molecular formula is C15H16N4O3. The first kappa shape index (κ1) is 14.2. The van der Waals surface area contributed by atoms with Crippen molar-refractivity contribution in [2.24, 2.45) is 5.92 Å². The number of nitrogens with one attached hydrogen (secondary N) is 1. The number of anilines is 1. The van der Waals surface area contributed by atoms with Crippen LogP contribution in [0.5, 0.6) is 0 Å². The summed E-state index contributed by atoms with van der Waals surface area (Å²) in [6.45, 7) is 2.68. The molecule has 22 heavy (non-hydrogen) atoms. The van der Waals surface area contributed by atoms with Crippen LogP contribution in [0.4, 0.5) is 5.82 Å². The molecule has 2 aromatic heterocycles. The molecule has 0 bridgehead atoms. The lowest BCUT2D eigenvalue weighted by Gasteiger charge is -2.09. The molecule has 1 fully saturated rings. The van der Waals surface area contributed by atoms with Crippen LogP contribution in [0.25, 0.3) is 0 Å². The van der Waals surface area contributed by atoms with Crippen LogP contribution in [0, 0.1) is 12.8 Å². The van der Waals surface area contributed by atoms with Gasteiger partial charge in [0.25, 0.3) is 5.91 Å². The molecule has 0 aromatic carbocycles. The summed E-state index contributed by atoms with van der Waals surface area (Å²) in [6, 6.07) is 2.76. The number of rotatable bonds is 5. The first-order chi connectivity index (χ1) is 10.5. The van der Waals surface area contributed by atoms with E-state index in [1.165, 1.54) is 31.2 Å². The number of pyridine rings is 1. The van der Waals surface area contributed by atoms with Crippen molar-refractivity contribution in [3.8, 4) is 0 Å². The van der Waals surface area contributed by atoms with Gasteiger partial charge in [0.15, 0.2) is 0 Å². The average molecular weight is 300 g/mol. The van der Waals surface area contributed by atoms with E-state index in [-0.39, 0.29) is 17.2 Å². The van der Waals surface area contributed by atoms with Gasteiger partial charge in [-0.05, 0) is 37.8 Å². The molecule has 2 N–H and O–H groups in total. The SMILES string of the molecule is Cc1cnn(CC2CC2)c1NC(=O)c1ccc(C(=O)O)cn1. The van der Waals surface area contributed by atoms with Gasteiger partial charge in [0.05, 0.1) is 11.8 Å². The standard InChI is InChI=1S/C15H16N4O3/c1-9-6-17-19(8-10-2-3-10)13(9)18-14(20)12-5-4-11(7-16-12)15(21)22/h4-7,10H,2-3,8H2,1H3,(H,18,20)(H,21,22). The number of carboxylic acids is 1. The van der Waals surface area contributed by atoms with Crippen molar-refractivity contribution in [3.05, 3.63) is 41.3 Å². The minimum absolute atomic E-state index is 0.0477. The highest BCUT2D eigenvalue weighted by Crippen LogP contribution is 2.31. The van der Waals surface area contributed by atoms with E-state index in [2.05, 4.69) is 15.4 Å². The Bertz CT molecular complexity index is 717. The Kier molecular flexibility index (Phi) is 3.62. The molecule has 3 rings (SSSR count). The zero-order valence-corrected chi connectivity index (χ0v) is 12.1. The molecule has 7 heteroatoms. The van der Waals surface area contributed by atoms with Gasteiger partial charge in [-0.2, -0.15) is 5.10 Å². The lowest BCUT2D eigenvalue weighted by molar-refractivity contribution is 0.0696. The van der Waals surface area contributed by atoms with Crippen LogP contribution in [0.2, 0.25) is 0 Å². The van der Waals surface area contributed by atoms with Crippen LogP contribution in [0.1, 0.15) is 39.3 Å². The van der Waals surface area contributed by atoms with Crippen molar-refractivity contribution in [1.29, 1.82) is 0 Å². The van der Waals surface area contributed by atoms with Crippen LogP contribution in [-0.4, -0.2) is 31.7 Å². The minimum Gasteiger partial charge on any atom is -0.478 e. The number of aromatic carboxylic acids is 1. The van der Waals surface area contributed by atoms with Crippen LogP contribution < -0.4 is 5.32 Å². The van der Waals surface area contributed by atoms with Gasteiger partial charge in [-0.15, -0.1) is 0 Å². The quantitative estimate of drug-likeness (QED) is 0.879. The summed E-state index contributed by atoms with van der Waals surface area (Å²) in [5.74, 6) is -0.140. The number of hydrogen-bond acceptors (Lipinski definition) is 4. The van der Waals surface area contributed by atoms with E-state index in [1.807, 2.05) is 6.92 Å². The summed E-state index contributed by atoms with van der Waals surface area (Å²) in [7, 11) is 0. The number of aryl methyl sites for hydroxylation is 1. The van der Waals surface area contributed by atoms with E-state index < -0.39 is 5.97 Å². The van der Waals surface area contributed by atoms with Crippen molar-refractivity contribution < 1.29 is 14.7 Å². The predicted molar refractivity (Wildman–Crippen MR) is 78.8 cm³/mol. The van der Waals surface area contributed by atoms with E-state index in [0.29, 0.717) is 11.7 Å². The van der Waals surface area contributed by atoms with Crippen LogP contribution in [0.15, 0.2) is 24.5 Å². The molecule has 0 radical (unpaired) electrons. The van der Waals surface area contributed by atoms with Gasteiger partial charge in [-0.3, -0.25) is 9.78 Å². The number of aromatic nitrogens is 3. The number of amides is 1. The maximum absolute atomic E-state index is 12.2. The van der Waals surface area contributed by atoms with E-state index in [9.17, 15) is 9.59 Å². The summed E-state index contributed by atoms with van der Waals surface area (Å²) in [4.78, 5) is 26.9. The van der Waals surface area contributed by atoms with E-state index in [4.69, 9.17) is 5.11 Å². The Morgan fingerprint density at radius 1 is 1.36 bits per heavy atom. The van der Waals surface area contributed by atoms with Gasteiger partial charge >= 0.3 is 5.97 Å². The van der Waals surface area contributed by atoms with Gasteiger partial charge in [-0.25, -0.2) is 9.48 Å². The fourth-order valence-corrected chi connectivity index (χ4v) is 2.15. The van der Waals surface area contributed by atoms with E-state index in [0.717, 1.165) is 12.1 Å². The molecular weight excluding hydrogens is 284 g/mol. The van der Waals surface area contributed by atoms with Crippen LogP contribution in [0.3, 0.4) is 0 Å². The highest BCUT2D eigenvalue weighted by Gasteiger charge is 2.24. The molecule has 114 valence electrons. The summed E-state index contributed by atoms with van der Waals surface area (Å²) in [5.41, 5.74) is 1.10. The Morgan fingerprint density at radius 3 is 2.73 bits per heavy atom. The molecule has 7 nitrogen and oxygen atoms in total. The second-order valence-electron chi connectivity index (χ2n) is 5.49. The molecule has 1 amide bonds. The Labute approximate surface area is 127 Å². The molecule has 2 aromatic rings. The van der Waals surface area contributed by atoms with Crippen molar-refractivity contribution in [1.82, 2.24) is 14.8 Å². The lowest BCUT2D eigenvalue weighted by Crippen LogP contribution is -2.18. The number of carbonyl (C=O) groups is 2. The normalized spacial score (nSPS) is 13.9. The second-order valence-corrected chi connectivity index (χ2v) is 5.49. The van der Waals surface area contributed by atoms with Crippen molar-refractivity contribution in [2.45, 2.75) is 26.3 Å². The highest BCUT2D eigenvalue weighted by molar-refractivity contribution is 6.03. The Hall–Kier alpha value is -2.70. The summed E-state index contributed by atoms with van der Waals surface area (Å²) in [6.07, 6.45) is 5.29. The number of carbonyl (C=O) groups excluding carboxylic acids is 1. The summed E-state index contributed by atoms with van der Waals surface area (Å²) in [5, 5.41) is 15.9. The monoisotopic (exact) mass is 300 g/mol. The lowest BCUT2D eigenvalue weighted by atomic mass is 10.2. The summed E-state index contributed by atoms with van der Waals surface area (Å²) < 4.78 is 1.80. The van der Waals surface area contributed by atoms with E-state index >= 15 is 0 Å². The zero-order chi connectivity index (χ0) is 15.7. The second kappa shape index (κ2) is 5.59. The molecule has 1 aliphatic rings. The van der Waals surface area contributed by atoms with Gasteiger partial charge in [0.2, 0.25) is 0 Å². The maximum Gasteiger partial charge on any atom is 0.337 e. The third-order valence-electron chi connectivity index (χ3n) is 3.63. The number of nitrogens with zero attached hydrogens (tertiary/aromatic N) is 3. The predicted octanol–water partition coefficient (Wildman–Crippen LogP) is 1.95. The number of carboxylic acid groups (broad SMARTS) is 1. The molecule has 0 unspecified atom stereocenters. The van der Waals surface area contributed by atoms with Gasteiger partial charge in [0, 0.05) is 18.3 Å². The Balaban J connectivity index is 1.76. The van der Waals surface area contributed by atoms with E-state index in [1.54, 1.807) is 10.9 Å². The zero-order valence-electron chi connectivity index (χ0n) is 12.1. The van der Waals surface area contributed by atoms with Gasteiger partial charge < -0.3 is 10.4 Å². The third-order valence-corrected chi connectivity index (χ3v) is 3.63. The molecule has 0 spiro atoms. The van der Waals surface area contributed by atoms with Gasteiger partial charge in [0.1, 0.15) is 11.5 Å². The molecule has 1 saturated carbocycles. The first-order valence-corrected chi connectivity index (χ1v) is 7.07. The molecule has 0 aliphatic heterocycles. The Morgan fingerprint density at radius 2 is 2.14 bits per heavy atom. The molecule has 1 aliphatic carbocycles. The van der Waals surface area contributed by atoms with Crippen molar-refractivity contribution >= 4 is 17.7 Å². The third kappa shape index (κ3) is 2.98. The summed E-state index contributed by atoms with van der Waals surface area (Å²) >= 11 is 0. The highest BCUT2D eigenvalue weighted by atomic mass is 16.4. The molecule has 2 heterocycles. The fourth-order valence-electron chi connectivity index (χ4n) is 2.15. The first-order valence-electron chi connectivity index (χ1n) is 7.07. The largest absolute Gasteiger partial charge is 0.478 e. The topological polar surface area (TPSA) is 97.1 Å². The van der Waals surface area contributed by atoms with Crippen molar-refractivity contribution in [2.75, 3.05) is 5.32 Å². The fraction of sp³-hybridized carbons (Fsp3) is 0.333. The number of hydrogen-bond donors (Lipinski definition) is 2. The van der Waals surface area contributed by atoms with Crippen molar-refractivity contribution in [3.63, 3.8) is 0 Å². The molecule has 0 saturated heterocycles. The van der Waals surface area contributed by atoms with Crippen LogP contribution in [-0.2, 0) is 6.54 Å². The molecule has 0 atom stereocenters. The smallest absolute Gasteiger partial charge is 0.337 e. The average Bonchev–Trinajstić information content (AvgIpc) is 3.26. The van der Waals surface area contributed by atoms with Crippen LogP contribution >= 0.6 is 0 Å². The maximum atomic E-state index is 12.2.